The number of halogens is 1. The third kappa shape index (κ3) is 5.11. The van der Waals surface area contributed by atoms with Crippen LogP contribution in [0.3, 0.4) is 0 Å². The summed E-state index contributed by atoms with van der Waals surface area (Å²) in [6, 6.07) is 6.42. The third-order valence-electron chi connectivity index (χ3n) is 3.34. The second-order valence-electron chi connectivity index (χ2n) is 5.04. The van der Waals surface area contributed by atoms with Gasteiger partial charge in [0.2, 0.25) is 0 Å². The topological polar surface area (TPSA) is 114 Å². The van der Waals surface area contributed by atoms with Crippen LogP contribution in [0.4, 0.5) is 5.00 Å². The van der Waals surface area contributed by atoms with Gasteiger partial charge in [-0.15, -0.1) is 11.3 Å². The third-order valence-corrected chi connectivity index (χ3v) is 4.64. The molecule has 0 aliphatic carbocycles. The normalized spacial score (nSPS) is 10.2. The summed E-state index contributed by atoms with van der Waals surface area (Å²) in [5, 5.41) is 0.594. The molecule has 0 unspecified atom stereocenters. The maximum Gasteiger partial charge on any atom is 0.348 e. The number of esters is 3. The summed E-state index contributed by atoms with van der Waals surface area (Å²) in [4.78, 5) is 35.8. The van der Waals surface area contributed by atoms with Gasteiger partial charge in [-0.25, -0.2) is 14.4 Å². The molecular formula is C17H16ClNO7S. The van der Waals surface area contributed by atoms with Crippen LogP contribution in [0.2, 0.25) is 5.02 Å². The second-order valence-corrected chi connectivity index (χ2v) is 6.52. The molecule has 0 spiro atoms. The number of nitrogen functional groups attached to an aromatic ring is 1. The molecule has 27 heavy (non-hydrogen) atoms. The SMILES string of the molecule is COC(=O)c1sc(N)c(C(=O)OC)c1COC(=O)COc1ccc(Cl)cc1. The molecule has 0 saturated heterocycles. The van der Waals surface area contributed by atoms with Crippen molar-refractivity contribution in [2.24, 2.45) is 0 Å². The van der Waals surface area contributed by atoms with Gasteiger partial charge in [-0.05, 0) is 24.3 Å². The molecule has 10 heteroatoms. The summed E-state index contributed by atoms with van der Waals surface area (Å²) in [6.45, 7) is -0.742. The highest BCUT2D eigenvalue weighted by Crippen LogP contribution is 2.33. The van der Waals surface area contributed by atoms with Crippen molar-refractivity contribution in [1.29, 1.82) is 0 Å². The Kier molecular flexibility index (Phi) is 7.03. The maximum absolute atomic E-state index is 11.9. The highest BCUT2D eigenvalue weighted by molar-refractivity contribution is 7.18. The molecule has 0 radical (unpaired) electrons. The second kappa shape index (κ2) is 9.24. The van der Waals surface area contributed by atoms with Gasteiger partial charge in [0.1, 0.15) is 27.8 Å². The van der Waals surface area contributed by atoms with E-state index in [0.717, 1.165) is 11.3 Å². The molecule has 8 nitrogen and oxygen atoms in total. The van der Waals surface area contributed by atoms with Gasteiger partial charge in [0.25, 0.3) is 0 Å². The van der Waals surface area contributed by atoms with Crippen LogP contribution in [-0.2, 0) is 25.6 Å². The molecule has 2 rings (SSSR count). The summed E-state index contributed by atoms with van der Waals surface area (Å²) >= 11 is 6.61. The van der Waals surface area contributed by atoms with Crippen molar-refractivity contribution >= 4 is 45.8 Å². The van der Waals surface area contributed by atoms with E-state index < -0.39 is 17.9 Å². The minimum atomic E-state index is -0.748. The quantitative estimate of drug-likeness (QED) is 0.544. The van der Waals surface area contributed by atoms with Gasteiger partial charge in [-0.2, -0.15) is 0 Å². The Morgan fingerprint density at radius 2 is 1.70 bits per heavy atom. The van der Waals surface area contributed by atoms with Crippen molar-refractivity contribution in [2.75, 3.05) is 26.6 Å². The summed E-state index contributed by atoms with van der Waals surface area (Å²) in [5.74, 6) is -1.73. The molecule has 0 aliphatic rings. The number of hydrogen-bond donors (Lipinski definition) is 1. The van der Waals surface area contributed by atoms with Crippen molar-refractivity contribution in [1.82, 2.24) is 0 Å². The van der Waals surface area contributed by atoms with E-state index >= 15 is 0 Å². The van der Waals surface area contributed by atoms with Crippen LogP contribution in [0, 0.1) is 0 Å². The van der Waals surface area contributed by atoms with E-state index in [0.29, 0.717) is 10.8 Å². The zero-order chi connectivity index (χ0) is 20.0. The Bertz CT molecular complexity index is 848. The minimum absolute atomic E-state index is 0.0330. The molecule has 2 aromatic rings. The van der Waals surface area contributed by atoms with Gasteiger partial charge in [0, 0.05) is 10.6 Å². The number of nitrogens with two attached hydrogens (primary N) is 1. The number of hydrogen-bond acceptors (Lipinski definition) is 9. The zero-order valence-corrected chi connectivity index (χ0v) is 16.0. The molecule has 0 aliphatic heterocycles. The summed E-state index contributed by atoms with van der Waals surface area (Å²) in [7, 11) is 2.36. The number of methoxy groups -OCH3 is 2. The fourth-order valence-electron chi connectivity index (χ4n) is 2.07. The molecular weight excluding hydrogens is 398 g/mol. The highest BCUT2D eigenvalue weighted by Gasteiger charge is 2.28. The van der Waals surface area contributed by atoms with Crippen molar-refractivity contribution in [3.63, 3.8) is 0 Å². The first kappa shape index (κ1) is 20.5. The first-order chi connectivity index (χ1) is 12.9. The minimum Gasteiger partial charge on any atom is -0.482 e. The fourth-order valence-corrected chi connectivity index (χ4v) is 3.18. The maximum atomic E-state index is 11.9. The van der Waals surface area contributed by atoms with Crippen LogP contribution in [-0.4, -0.2) is 38.7 Å². The molecule has 144 valence electrons. The average Bonchev–Trinajstić information content (AvgIpc) is 3.00. The Balaban J connectivity index is 2.08. The molecule has 1 heterocycles. The summed E-state index contributed by atoms with van der Waals surface area (Å²) in [6.07, 6.45) is 0. The first-order valence-electron chi connectivity index (χ1n) is 7.49. The molecule has 2 N–H and O–H groups in total. The molecule has 0 atom stereocenters. The Morgan fingerprint density at radius 1 is 1.07 bits per heavy atom. The fraction of sp³-hybridized carbons (Fsp3) is 0.235. The van der Waals surface area contributed by atoms with E-state index in [2.05, 4.69) is 9.47 Å². The number of thiophene rings is 1. The predicted molar refractivity (Wildman–Crippen MR) is 98.2 cm³/mol. The molecule has 0 amide bonds. The van der Waals surface area contributed by atoms with E-state index in [-0.39, 0.29) is 34.2 Å². The van der Waals surface area contributed by atoms with Gasteiger partial charge in [-0.1, -0.05) is 11.6 Å². The van der Waals surface area contributed by atoms with Crippen molar-refractivity contribution in [3.05, 3.63) is 45.3 Å². The average molecular weight is 414 g/mol. The van der Waals surface area contributed by atoms with Gasteiger partial charge < -0.3 is 24.7 Å². The Hall–Kier alpha value is -2.78. The highest BCUT2D eigenvalue weighted by atomic mass is 35.5. The molecule has 1 aromatic heterocycles. The Morgan fingerprint density at radius 3 is 2.30 bits per heavy atom. The summed E-state index contributed by atoms with van der Waals surface area (Å²) < 4.78 is 19.7. The van der Waals surface area contributed by atoms with Gasteiger partial charge >= 0.3 is 17.9 Å². The lowest BCUT2D eigenvalue weighted by Crippen LogP contribution is -2.17. The molecule has 1 aromatic carbocycles. The van der Waals surface area contributed by atoms with Crippen molar-refractivity contribution < 1.29 is 33.3 Å². The standard InChI is InChI=1S/C17H16ClNO7S/c1-23-16(21)13-11(14(17(22)24-2)27-15(13)19)7-26-12(20)8-25-10-5-3-9(18)4-6-10/h3-6H,7-8,19H2,1-2H3. The van der Waals surface area contributed by atoms with E-state index in [4.69, 9.17) is 26.8 Å². The van der Waals surface area contributed by atoms with Crippen LogP contribution in [0.25, 0.3) is 0 Å². The number of anilines is 1. The molecule has 0 fully saturated rings. The van der Waals surface area contributed by atoms with Gasteiger partial charge in [0.15, 0.2) is 6.61 Å². The van der Waals surface area contributed by atoms with E-state index in [9.17, 15) is 14.4 Å². The number of carbonyl (C=O) groups is 3. The van der Waals surface area contributed by atoms with Crippen LogP contribution in [0.1, 0.15) is 25.6 Å². The predicted octanol–water partition coefficient (Wildman–Crippen LogP) is 2.68. The van der Waals surface area contributed by atoms with Crippen molar-refractivity contribution in [2.45, 2.75) is 6.61 Å². The number of rotatable bonds is 7. The van der Waals surface area contributed by atoms with Gasteiger partial charge in [0.05, 0.1) is 14.2 Å². The number of ether oxygens (including phenoxy) is 4. The van der Waals surface area contributed by atoms with Crippen molar-refractivity contribution in [3.8, 4) is 5.75 Å². The van der Waals surface area contributed by atoms with Crippen LogP contribution < -0.4 is 10.5 Å². The van der Waals surface area contributed by atoms with E-state index in [1.54, 1.807) is 24.3 Å². The van der Waals surface area contributed by atoms with Crippen LogP contribution in [0.15, 0.2) is 24.3 Å². The number of benzene rings is 1. The van der Waals surface area contributed by atoms with E-state index in [1.165, 1.54) is 14.2 Å². The van der Waals surface area contributed by atoms with Crippen LogP contribution in [0.5, 0.6) is 5.75 Å². The lowest BCUT2D eigenvalue weighted by atomic mass is 10.1. The zero-order valence-electron chi connectivity index (χ0n) is 14.4. The summed E-state index contributed by atoms with van der Waals surface area (Å²) in [5.41, 5.74) is 5.89. The molecule has 0 bridgehead atoms. The lowest BCUT2D eigenvalue weighted by Gasteiger charge is -2.09. The molecule has 0 saturated carbocycles. The lowest BCUT2D eigenvalue weighted by molar-refractivity contribution is -0.147. The largest absolute Gasteiger partial charge is 0.482 e. The van der Waals surface area contributed by atoms with Crippen LogP contribution >= 0.6 is 22.9 Å². The van der Waals surface area contributed by atoms with E-state index in [1.807, 2.05) is 0 Å². The Labute approximate surface area is 163 Å². The monoisotopic (exact) mass is 413 g/mol. The smallest absolute Gasteiger partial charge is 0.348 e. The first-order valence-corrected chi connectivity index (χ1v) is 8.68. The number of carbonyl (C=O) groups excluding carboxylic acids is 3. The van der Waals surface area contributed by atoms with Gasteiger partial charge in [-0.3, -0.25) is 0 Å².